The molecule has 2 heterocycles. The van der Waals surface area contributed by atoms with E-state index >= 15 is 0 Å². The lowest BCUT2D eigenvalue weighted by Crippen LogP contribution is -2.49. The van der Waals surface area contributed by atoms with E-state index in [1.807, 2.05) is 41.4 Å². The zero-order chi connectivity index (χ0) is 17.6. The molecular weight excluding hydrogens is 350 g/mol. The van der Waals surface area contributed by atoms with Crippen LogP contribution in [0, 0.1) is 13.8 Å². The number of ether oxygens (including phenoxy) is 1. The van der Waals surface area contributed by atoms with Crippen molar-refractivity contribution >= 4 is 18.3 Å². The number of carbonyl (C=O) groups is 1. The molecule has 1 aliphatic heterocycles. The van der Waals surface area contributed by atoms with Gasteiger partial charge in [0, 0.05) is 32.0 Å². The lowest BCUT2D eigenvalue weighted by Gasteiger charge is -2.36. The fraction of sp³-hybridized carbons (Fsp3) is 0.400. The fourth-order valence-electron chi connectivity index (χ4n) is 3.08. The van der Waals surface area contributed by atoms with Crippen molar-refractivity contribution in [3.8, 4) is 5.75 Å². The number of hydrogen-bond donors (Lipinski definition) is 1. The molecule has 1 saturated heterocycles. The maximum absolute atomic E-state index is 12.7. The predicted octanol–water partition coefficient (Wildman–Crippen LogP) is 3.06. The van der Waals surface area contributed by atoms with Crippen LogP contribution in [0.15, 0.2) is 42.7 Å². The van der Waals surface area contributed by atoms with Gasteiger partial charge >= 0.3 is 0 Å². The number of aromatic nitrogens is 1. The number of aryl methyl sites for hydroxylation is 2. The van der Waals surface area contributed by atoms with Crippen LogP contribution in [-0.4, -0.2) is 42.0 Å². The highest BCUT2D eigenvalue weighted by Gasteiger charge is 2.27. The van der Waals surface area contributed by atoms with Crippen LogP contribution >= 0.6 is 12.4 Å². The first kappa shape index (κ1) is 20.2. The third kappa shape index (κ3) is 4.96. The SMILES string of the molecule is Cc1ccc(OCCC(=O)N2CCNCC2c2cccnc2)cc1C.Cl. The Balaban J connectivity index is 0.00000243. The Hall–Kier alpha value is -2.11. The van der Waals surface area contributed by atoms with Gasteiger partial charge in [-0.05, 0) is 48.7 Å². The zero-order valence-electron chi connectivity index (χ0n) is 15.3. The van der Waals surface area contributed by atoms with Gasteiger partial charge in [-0.1, -0.05) is 12.1 Å². The summed E-state index contributed by atoms with van der Waals surface area (Å²) in [5.74, 6) is 0.944. The molecule has 26 heavy (non-hydrogen) atoms. The summed E-state index contributed by atoms with van der Waals surface area (Å²) in [5.41, 5.74) is 3.50. The quantitative estimate of drug-likeness (QED) is 0.872. The van der Waals surface area contributed by atoms with Gasteiger partial charge in [0.25, 0.3) is 0 Å². The first-order valence-corrected chi connectivity index (χ1v) is 8.75. The van der Waals surface area contributed by atoms with Crippen LogP contribution < -0.4 is 10.1 Å². The Morgan fingerprint density at radius 2 is 2.15 bits per heavy atom. The third-order valence-corrected chi connectivity index (χ3v) is 4.70. The third-order valence-electron chi connectivity index (χ3n) is 4.70. The molecule has 1 aromatic heterocycles. The summed E-state index contributed by atoms with van der Waals surface area (Å²) in [6, 6.07) is 9.99. The molecule has 1 fully saturated rings. The lowest BCUT2D eigenvalue weighted by atomic mass is 10.0. The maximum Gasteiger partial charge on any atom is 0.226 e. The van der Waals surface area contributed by atoms with E-state index < -0.39 is 0 Å². The smallest absolute Gasteiger partial charge is 0.226 e. The highest BCUT2D eigenvalue weighted by Crippen LogP contribution is 2.22. The van der Waals surface area contributed by atoms with Crippen LogP contribution in [0.1, 0.15) is 29.2 Å². The lowest BCUT2D eigenvalue weighted by molar-refractivity contribution is -0.135. The summed E-state index contributed by atoms with van der Waals surface area (Å²) in [6.07, 6.45) is 3.97. The largest absolute Gasteiger partial charge is 0.493 e. The Bertz CT molecular complexity index is 724. The number of nitrogens with zero attached hydrogens (tertiary/aromatic N) is 2. The number of piperazine rings is 1. The molecule has 0 aliphatic carbocycles. The van der Waals surface area contributed by atoms with Gasteiger partial charge in [0.15, 0.2) is 0 Å². The van der Waals surface area contributed by atoms with Crippen LogP contribution in [0.5, 0.6) is 5.75 Å². The van der Waals surface area contributed by atoms with Crippen molar-refractivity contribution in [3.63, 3.8) is 0 Å². The van der Waals surface area contributed by atoms with Crippen LogP contribution in [0.3, 0.4) is 0 Å². The van der Waals surface area contributed by atoms with E-state index in [4.69, 9.17) is 4.74 Å². The molecule has 0 spiro atoms. The second kappa shape index (κ2) is 9.55. The van der Waals surface area contributed by atoms with Gasteiger partial charge in [0.1, 0.15) is 5.75 Å². The molecule has 1 atom stereocenters. The Morgan fingerprint density at radius 3 is 2.88 bits per heavy atom. The minimum atomic E-state index is 0. The standard InChI is InChI=1S/C20H25N3O2.ClH/c1-15-5-6-18(12-16(15)2)25-11-7-20(24)23-10-9-22-14-19(23)17-4-3-8-21-13-17;/h3-6,8,12-13,19,22H,7,9-11,14H2,1-2H3;1H. The van der Waals surface area contributed by atoms with Gasteiger partial charge in [0.05, 0.1) is 19.1 Å². The molecule has 1 aromatic carbocycles. The number of nitrogens with one attached hydrogen (secondary N) is 1. The molecule has 1 N–H and O–H groups in total. The summed E-state index contributed by atoms with van der Waals surface area (Å²) >= 11 is 0. The number of halogens is 1. The number of benzene rings is 1. The second-order valence-corrected chi connectivity index (χ2v) is 6.44. The molecule has 0 bridgehead atoms. The van der Waals surface area contributed by atoms with Crippen molar-refractivity contribution in [2.75, 3.05) is 26.2 Å². The van der Waals surface area contributed by atoms with Gasteiger partial charge in [-0.25, -0.2) is 0 Å². The van der Waals surface area contributed by atoms with Crippen LogP contribution in [0.2, 0.25) is 0 Å². The Kier molecular flexibility index (Phi) is 7.42. The van der Waals surface area contributed by atoms with E-state index in [9.17, 15) is 4.79 Å². The molecule has 6 heteroatoms. The summed E-state index contributed by atoms with van der Waals surface area (Å²) in [5, 5.41) is 3.36. The summed E-state index contributed by atoms with van der Waals surface area (Å²) in [7, 11) is 0. The van der Waals surface area contributed by atoms with Crippen LogP contribution in [0.4, 0.5) is 0 Å². The molecule has 3 rings (SSSR count). The van der Waals surface area contributed by atoms with Gasteiger partial charge in [-0.2, -0.15) is 0 Å². The number of carbonyl (C=O) groups excluding carboxylic acids is 1. The summed E-state index contributed by atoms with van der Waals surface area (Å²) in [4.78, 5) is 18.8. The summed E-state index contributed by atoms with van der Waals surface area (Å²) < 4.78 is 5.77. The number of hydrogen-bond acceptors (Lipinski definition) is 4. The van der Waals surface area contributed by atoms with E-state index in [1.54, 1.807) is 6.20 Å². The molecule has 140 valence electrons. The minimum absolute atomic E-state index is 0. The van der Waals surface area contributed by atoms with E-state index in [0.717, 1.165) is 24.4 Å². The molecule has 0 radical (unpaired) electrons. The van der Waals surface area contributed by atoms with Gasteiger partial charge < -0.3 is 15.0 Å². The Morgan fingerprint density at radius 1 is 1.31 bits per heavy atom. The van der Waals surface area contributed by atoms with Crippen LogP contribution in [0.25, 0.3) is 0 Å². The first-order chi connectivity index (χ1) is 12.1. The highest BCUT2D eigenvalue weighted by atomic mass is 35.5. The van der Waals surface area contributed by atoms with E-state index in [1.165, 1.54) is 11.1 Å². The summed E-state index contributed by atoms with van der Waals surface area (Å²) in [6.45, 7) is 6.82. The zero-order valence-corrected chi connectivity index (χ0v) is 16.1. The second-order valence-electron chi connectivity index (χ2n) is 6.44. The topological polar surface area (TPSA) is 54.5 Å². The fourth-order valence-corrected chi connectivity index (χ4v) is 3.08. The molecular formula is C20H26ClN3O2. The van der Waals surface area contributed by atoms with Gasteiger partial charge in [0.2, 0.25) is 5.91 Å². The van der Waals surface area contributed by atoms with E-state index in [2.05, 4.69) is 24.1 Å². The maximum atomic E-state index is 12.7. The number of pyridine rings is 1. The van der Waals surface area contributed by atoms with Gasteiger partial charge in [-0.3, -0.25) is 9.78 Å². The average Bonchev–Trinajstić information content (AvgIpc) is 2.65. The first-order valence-electron chi connectivity index (χ1n) is 8.75. The monoisotopic (exact) mass is 375 g/mol. The normalized spacial score (nSPS) is 16.7. The molecule has 1 aliphatic rings. The minimum Gasteiger partial charge on any atom is -0.493 e. The van der Waals surface area contributed by atoms with E-state index in [-0.39, 0.29) is 24.4 Å². The van der Waals surface area contributed by atoms with Crippen molar-refractivity contribution < 1.29 is 9.53 Å². The Labute approximate surface area is 161 Å². The molecule has 1 amide bonds. The van der Waals surface area contributed by atoms with Crippen molar-refractivity contribution in [1.82, 2.24) is 15.2 Å². The van der Waals surface area contributed by atoms with Crippen molar-refractivity contribution in [3.05, 3.63) is 59.4 Å². The number of amides is 1. The van der Waals surface area contributed by atoms with E-state index in [0.29, 0.717) is 19.6 Å². The predicted molar refractivity (Wildman–Crippen MR) is 105 cm³/mol. The highest BCUT2D eigenvalue weighted by molar-refractivity contribution is 5.85. The molecule has 1 unspecified atom stereocenters. The molecule has 5 nitrogen and oxygen atoms in total. The van der Waals surface area contributed by atoms with Crippen molar-refractivity contribution in [1.29, 1.82) is 0 Å². The molecule has 2 aromatic rings. The molecule has 0 saturated carbocycles. The van der Waals surface area contributed by atoms with Gasteiger partial charge in [-0.15, -0.1) is 12.4 Å². The van der Waals surface area contributed by atoms with Crippen molar-refractivity contribution in [2.45, 2.75) is 26.3 Å². The van der Waals surface area contributed by atoms with Crippen LogP contribution in [-0.2, 0) is 4.79 Å². The number of rotatable bonds is 5. The average molecular weight is 376 g/mol. The van der Waals surface area contributed by atoms with Crippen molar-refractivity contribution in [2.24, 2.45) is 0 Å².